The van der Waals surface area contributed by atoms with E-state index < -0.39 is 12.1 Å². The normalized spacial score (nSPS) is 13.0. The van der Waals surface area contributed by atoms with Gasteiger partial charge < -0.3 is 20.4 Å². The summed E-state index contributed by atoms with van der Waals surface area (Å²) in [4.78, 5) is 36.2. The van der Waals surface area contributed by atoms with Crippen molar-refractivity contribution >= 4 is 46.1 Å². The van der Waals surface area contributed by atoms with Crippen LogP contribution in [0.25, 0.3) is 10.9 Å². The van der Waals surface area contributed by atoms with E-state index in [9.17, 15) is 9.59 Å². The van der Waals surface area contributed by atoms with Crippen LogP contribution in [0.1, 0.15) is 13.8 Å². The first-order chi connectivity index (χ1) is 12.6. The minimum atomic E-state index is -0.501. The molecule has 2 amide bonds. The molecule has 0 fully saturated rings. The number of amides is 2. The maximum atomic E-state index is 12.2. The molecular weight excluding hydrogens is 368 g/mol. The Labute approximate surface area is 163 Å². The minimum Gasteiger partial charge on any atom is -0.358 e. The van der Waals surface area contributed by atoms with Crippen molar-refractivity contribution in [2.45, 2.75) is 25.9 Å². The fourth-order valence-electron chi connectivity index (χ4n) is 2.57. The van der Waals surface area contributed by atoms with Crippen molar-refractivity contribution in [3.05, 3.63) is 23.2 Å². The zero-order valence-corrected chi connectivity index (χ0v) is 17.1. The molecule has 1 aromatic carbocycles. The molecule has 0 spiro atoms. The lowest BCUT2D eigenvalue weighted by atomic mass is 10.2. The Hall–Kier alpha value is -2.61. The summed E-state index contributed by atoms with van der Waals surface area (Å²) >= 11 is 6.12. The molecule has 2 atom stereocenters. The second-order valence-electron chi connectivity index (χ2n) is 6.75. The van der Waals surface area contributed by atoms with Crippen LogP contribution in [0.2, 0.25) is 5.02 Å². The summed E-state index contributed by atoms with van der Waals surface area (Å²) in [5.41, 5.74) is 0.647. The Balaban J connectivity index is 2.42. The Kier molecular flexibility index (Phi) is 6.43. The van der Waals surface area contributed by atoms with Gasteiger partial charge >= 0.3 is 0 Å². The summed E-state index contributed by atoms with van der Waals surface area (Å²) in [6.07, 6.45) is 0. The molecule has 9 heteroatoms. The van der Waals surface area contributed by atoms with Crippen LogP contribution in [0.3, 0.4) is 0 Å². The average Bonchev–Trinajstić information content (AvgIpc) is 2.60. The molecule has 0 saturated carbocycles. The molecule has 1 aromatic heterocycles. The van der Waals surface area contributed by atoms with E-state index in [0.29, 0.717) is 27.7 Å². The third-order valence-corrected chi connectivity index (χ3v) is 4.21. The van der Waals surface area contributed by atoms with E-state index in [1.54, 1.807) is 60.2 Å². The van der Waals surface area contributed by atoms with Gasteiger partial charge in [0.15, 0.2) is 0 Å². The van der Waals surface area contributed by atoms with Crippen LogP contribution in [0.15, 0.2) is 18.2 Å². The van der Waals surface area contributed by atoms with Crippen LogP contribution >= 0.6 is 11.6 Å². The molecular formula is C18H25ClN6O2. The van der Waals surface area contributed by atoms with Crippen molar-refractivity contribution < 1.29 is 9.59 Å². The molecule has 0 aliphatic carbocycles. The second-order valence-corrected chi connectivity index (χ2v) is 7.19. The van der Waals surface area contributed by atoms with E-state index in [1.807, 2.05) is 0 Å². The van der Waals surface area contributed by atoms with Crippen LogP contribution in [-0.2, 0) is 9.59 Å². The van der Waals surface area contributed by atoms with Crippen LogP contribution < -0.4 is 10.6 Å². The number of carbonyl (C=O) groups excluding carboxylic acids is 2. The van der Waals surface area contributed by atoms with E-state index in [0.717, 1.165) is 0 Å². The SMILES string of the molecule is C[C@H](Nc1nc(N[C@@H](C)C(=O)N(C)C)c2cc(Cl)ccc2n1)C(=O)N(C)C. The highest BCUT2D eigenvalue weighted by atomic mass is 35.5. The van der Waals surface area contributed by atoms with Crippen LogP contribution in [0.4, 0.5) is 11.8 Å². The summed E-state index contributed by atoms with van der Waals surface area (Å²) < 4.78 is 0. The number of carbonyl (C=O) groups is 2. The average molecular weight is 393 g/mol. The highest BCUT2D eigenvalue weighted by Crippen LogP contribution is 2.26. The number of halogens is 1. The molecule has 0 aliphatic heterocycles. The van der Waals surface area contributed by atoms with Crippen LogP contribution in [0.5, 0.6) is 0 Å². The maximum absolute atomic E-state index is 12.2. The van der Waals surface area contributed by atoms with Gasteiger partial charge in [0.1, 0.15) is 17.9 Å². The lowest BCUT2D eigenvalue weighted by Crippen LogP contribution is -2.38. The number of hydrogen-bond donors (Lipinski definition) is 2. The van der Waals surface area contributed by atoms with Crippen LogP contribution in [-0.4, -0.2) is 71.9 Å². The molecule has 0 saturated heterocycles. The van der Waals surface area contributed by atoms with E-state index >= 15 is 0 Å². The number of nitrogens with zero attached hydrogens (tertiary/aromatic N) is 4. The van der Waals surface area contributed by atoms with Gasteiger partial charge in [-0.25, -0.2) is 4.98 Å². The van der Waals surface area contributed by atoms with E-state index in [-0.39, 0.29) is 11.8 Å². The fraction of sp³-hybridized carbons (Fsp3) is 0.444. The number of fused-ring (bicyclic) bond motifs is 1. The highest BCUT2D eigenvalue weighted by molar-refractivity contribution is 6.31. The van der Waals surface area contributed by atoms with Crippen molar-refractivity contribution in [1.82, 2.24) is 19.8 Å². The van der Waals surface area contributed by atoms with E-state index in [1.165, 1.54) is 9.80 Å². The van der Waals surface area contributed by atoms with Crippen molar-refractivity contribution in [2.24, 2.45) is 0 Å². The van der Waals surface area contributed by atoms with Gasteiger partial charge in [-0.15, -0.1) is 0 Å². The summed E-state index contributed by atoms with van der Waals surface area (Å²) in [7, 11) is 6.75. The number of aromatic nitrogens is 2. The Bertz CT molecular complexity index is 855. The van der Waals surface area contributed by atoms with Gasteiger partial charge in [-0.3, -0.25) is 9.59 Å². The number of anilines is 2. The quantitative estimate of drug-likeness (QED) is 0.782. The maximum Gasteiger partial charge on any atom is 0.244 e. The zero-order valence-electron chi connectivity index (χ0n) is 16.4. The predicted octanol–water partition coefficient (Wildman–Crippen LogP) is 2.06. The van der Waals surface area contributed by atoms with Gasteiger partial charge in [0.2, 0.25) is 17.8 Å². The van der Waals surface area contributed by atoms with Crippen LogP contribution in [0, 0.1) is 0 Å². The van der Waals surface area contributed by atoms with Gasteiger partial charge in [0, 0.05) is 38.6 Å². The van der Waals surface area contributed by atoms with Crippen molar-refractivity contribution in [3.63, 3.8) is 0 Å². The molecule has 0 bridgehead atoms. The summed E-state index contributed by atoms with van der Waals surface area (Å²) in [6, 6.07) is 4.24. The summed E-state index contributed by atoms with van der Waals surface area (Å²) in [5.74, 6) is 0.576. The largest absolute Gasteiger partial charge is 0.358 e. The molecule has 0 aliphatic rings. The van der Waals surface area contributed by atoms with Gasteiger partial charge in [0.25, 0.3) is 0 Å². The first kappa shape index (κ1) is 20.7. The molecule has 8 nitrogen and oxygen atoms in total. The first-order valence-electron chi connectivity index (χ1n) is 8.53. The van der Waals surface area contributed by atoms with Crippen molar-refractivity contribution in [2.75, 3.05) is 38.8 Å². The second kappa shape index (κ2) is 8.39. The summed E-state index contributed by atoms with van der Waals surface area (Å²) in [5, 5.41) is 7.37. The van der Waals surface area contributed by atoms with E-state index in [4.69, 9.17) is 11.6 Å². The molecule has 1 heterocycles. The fourth-order valence-corrected chi connectivity index (χ4v) is 2.74. The molecule has 27 heavy (non-hydrogen) atoms. The first-order valence-corrected chi connectivity index (χ1v) is 8.90. The molecule has 0 radical (unpaired) electrons. The van der Waals surface area contributed by atoms with Crippen molar-refractivity contribution in [1.29, 1.82) is 0 Å². The molecule has 2 rings (SSSR count). The Morgan fingerprint density at radius 3 is 2.07 bits per heavy atom. The molecule has 0 unspecified atom stereocenters. The van der Waals surface area contributed by atoms with Gasteiger partial charge in [-0.1, -0.05) is 11.6 Å². The molecule has 146 valence electrons. The number of likely N-dealkylation sites (N-methyl/N-ethyl adjacent to an activating group) is 2. The van der Waals surface area contributed by atoms with Gasteiger partial charge in [-0.05, 0) is 32.0 Å². The van der Waals surface area contributed by atoms with E-state index in [2.05, 4.69) is 20.6 Å². The highest BCUT2D eigenvalue weighted by Gasteiger charge is 2.20. The number of hydrogen-bond acceptors (Lipinski definition) is 6. The molecule has 2 N–H and O–H groups in total. The predicted molar refractivity (Wildman–Crippen MR) is 108 cm³/mol. The lowest BCUT2D eigenvalue weighted by molar-refractivity contribution is -0.129. The number of rotatable bonds is 6. The molecule has 2 aromatic rings. The zero-order chi connectivity index (χ0) is 20.3. The smallest absolute Gasteiger partial charge is 0.244 e. The summed E-state index contributed by atoms with van der Waals surface area (Å²) in [6.45, 7) is 3.50. The Morgan fingerprint density at radius 2 is 1.52 bits per heavy atom. The van der Waals surface area contributed by atoms with Gasteiger partial charge in [-0.2, -0.15) is 4.98 Å². The van der Waals surface area contributed by atoms with Crippen molar-refractivity contribution in [3.8, 4) is 0 Å². The third-order valence-electron chi connectivity index (χ3n) is 3.98. The third kappa shape index (κ3) is 4.97. The van der Waals surface area contributed by atoms with Gasteiger partial charge in [0.05, 0.1) is 5.52 Å². The Morgan fingerprint density at radius 1 is 0.963 bits per heavy atom. The lowest BCUT2D eigenvalue weighted by Gasteiger charge is -2.21. The monoisotopic (exact) mass is 392 g/mol. The standard InChI is InChI=1S/C18H25ClN6O2/c1-10(16(26)24(3)4)20-15-13-9-12(19)7-8-14(13)22-18(23-15)21-11(2)17(27)25(5)6/h7-11H,1-6H3,(H2,20,21,22,23)/t10-,11-/m0/s1. The topological polar surface area (TPSA) is 90.5 Å². The number of benzene rings is 1. The minimum absolute atomic E-state index is 0.0885. The number of nitrogens with one attached hydrogen (secondary N) is 2.